The van der Waals surface area contributed by atoms with Gasteiger partial charge in [0.25, 0.3) is 11.6 Å². The number of carbonyl (C=O) groups is 1. The average molecular weight is 304 g/mol. The number of amides is 1. The van der Waals surface area contributed by atoms with Gasteiger partial charge in [0.05, 0.1) is 4.92 Å². The van der Waals surface area contributed by atoms with E-state index < -0.39 is 11.0 Å². The summed E-state index contributed by atoms with van der Waals surface area (Å²) < 4.78 is 0. The van der Waals surface area contributed by atoms with E-state index in [1.807, 2.05) is 6.07 Å². The van der Waals surface area contributed by atoms with E-state index in [-0.39, 0.29) is 17.3 Å². The van der Waals surface area contributed by atoms with E-state index in [0.29, 0.717) is 10.7 Å². The first kappa shape index (κ1) is 13.4. The Morgan fingerprint density at radius 1 is 1.24 bits per heavy atom. The van der Waals surface area contributed by atoms with E-state index in [1.54, 1.807) is 18.2 Å². The molecule has 7 heteroatoms. The summed E-state index contributed by atoms with van der Waals surface area (Å²) in [6.07, 6.45) is 0. The summed E-state index contributed by atoms with van der Waals surface area (Å²) in [7, 11) is 0. The minimum atomic E-state index is -0.682. The second-order valence-corrected chi connectivity index (χ2v) is 5.01. The summed E-state index contributed by atoms with van der Waals surface area (Å²) in [4.78, 5) is 22.6. The first-order valence-corrected chi connectivity index (χ1v) is 6.54. The third-order valence-corrected chi connectivity index (χ3v) is 3.48. The topological polar surface area (TPSA) is 84.3 Å². The van der Waals surface area contributed by atoms with Gasteiger partial charge in [0, 0.05) is 22.3 Å². The van der Waals surface area contributed by atoms with Crippen LogP contribution in [-0.4, -0.2) is 10.8 Å². The third-order valence-electron chi connectivity index (χ3n) is 3.25. The number of hydrogen-bond acceptors (Lipinski definition) is 4. The highest BCUT2D eigenvalue weighted by Gasteiger charge is 2.31. The molecule has 6 nitrogen and oxygen atoms in total. The fourth-order valence-corrected chi connectivity index (χ4v) is 2.46. The maximum atomic E-state index is 12.0. The Morgan fingerprint density at radius 2 is 2.00 bits per heavy atom. The van der Waals surface area contributed by atoms with Crippen molar-refractivity contribution in [1.82, 2.24) is 0 Å². The summed E-state index contributed by atoms with van der Waals surface area (Å²) in [6, 6.07) is 10.7. The van der Waals surface area contributed by atoms with Crippen LogP contribution < -0.4 is 10.6 Å². The van der Waals surface area contributed by atoms with Crippen LogP contribution in [0.25, 0.3) is 0 Å². The van der Waals surface area contributed by atoms with Gasteiger partial charge in [0.15, 0.2) is 0 Å². The van der Waals surface area contributed by atoms with E-state index in [4.69, 9.17) is 11.6 Å². The number of nitro benzene ring substituents is 1. The van der Waals surface area contributed by atoms with Gasteiger partial charge in [-0.2, -0.15) is 0 Å². The highest BCUT2D eigenvalue weighted by atomic mass is 35.5. The fourth-order valence-electron chi connectivity index (χ4n) is 2.29. The van der Waals surface area contributed by atoms with Crippen molar-refractivity contribution in [3.05, 3.63) is 63.2 Å². The summed E-state index contributed by atoms with van der Waals surface area (Å²) in [6.45, 7) is 0. The first-order chi connectivity index (χ1) is 10.1. The smallest absolute Gasteiger partial charge is 0.292 e. The van der Waals surface area contributed by atoms with Crippen LogP contribution in [0.5, 0.6) is 0 Å². The number of nitro groups is 1. The molecule has 106 valence electrons. The van der Waals surface area contributed by atoms with Gasteiger partial charge in [-0.1, -0.05) is 29.8 Å². The lowest BCUT2D eigenvalue weighted by atomic mass is 10.1. The molecule has 0 saturated heterocycles. The number of fused-ring (bicyclic) bond motifs is 1. The van der Waals surface area contributed by atoms with Gasteiger partial charge in [-0.15, -0.1) is 0 Å². The summed E-state index contributed by atoms with van der Waals surface area (Å²) in [5, 5.41) is 17.0. The number of carbonyl (C=O) groups excluding carboxylic acids is 1. The standard InChI is InChI=1S/C14H10ClN3O3/c15-8-5-6-12(18(20)21)11(7-8)16-13-9-3-1-2-4-10(9)17-14(13)19/h1-7,13,16H,(H,17,19). The number of rotatable bonds is 3. The van der Waals surface area contributed by atoms with E-state index in [1.165, 1.54) is 18.2 Å². The summed E-state index contributed by atoms with van der Waals surface area (Å²) >= 11 is 5.88. The lowest BCUT2D eigenvalue weighted by molar-refractivity contribution is -0.384. The van der Waals surface area contributed by atoms with Crippen LogP contribution in [0, 0.1) is 10.1 Å². The van der Waals surface area contributed by atoms with Crippen molar-refractivity contribution < 1.29 is 9.72 Å². The van der Waals surface area contributed by atoms with E-state index in [2.05, 4.69) is 10.6 Å². The number of halogens is 1. The molecular weight excluding hydrogens is 294 g/mol. The van der Waals surface area contributed by atoms with Crippen molar-refractivity contribution in [2.24, 2.45) is 0 Å². The molecule has 1 aliphatic rings. The predicted molar refractivity (Wildman–Crippen MR) is 79.5 cm³/mol. The second kappa shape index (κ2) is 5.06. The molecule has 1 unspecified atom stereocenters. The van der Waals surface area contributed by atoms with Gasteiger partial charge in [0.2, 0.25) is 0 Å². The number of para-hydroxylation sites is 1. The Bertz CT molecular complexity index is 748. The Kier molecular flexibility index (Phi) is 3.23. The monoisotopic (exact) mass is 303 g/mol. The zero-order valence-electron chi connectivity index (χ0n) is 10.7. The maximum Gasteiger partial charge on any atom is 0.292 e. The van der Waals surface area contributed by atoms with Crippen LogP contribution in [0.3, 0.4) is 0 Å². The normalized spacial score (nSPS) is 16.2. The molecular formula is C14H10ClN3O3. The van der Waals surface area contributed by atoms with Crippen molar-refractivity contribution in [2.75, 3.05) is 10.6 Å². The quantitative estimate of drug-likeness (QED) is 0.672. The highest BCUT2D eigenvalue weighted by Crippen LogP contribution is 2.36. The van der Waals surface area contributed by atoms with E-state index in [0.717, 1.165) is 5.56 Å². The Hall–Kier alpha value is -2.60. The number of nitrogens with zero attached hydrogens (tertiary/aromatic N) is 1. The lowest BCUT2D eigenvalue weighted by Crippen LogP contribution is -2.20. The molecule has 0 spiro atoms. The summed E-state index contributed by atoms with van der Waals surface area (Å²) in [5.41, 5.74) is 1.53. The predicted octanol–water partition coefficient (Wildman–Crippen LogP) is 3.35. The van der Waals surface area contributed by atoms with Crippen LogP contribution in [0.1, 0.15) is 11.6 Å². The van der Waals surface area contributed by atoms with Crippen LogP contribution in [0.2, 0.25) is 5.02 Å². The SMILES string of the molecule is O=C1Nc2ccccc2C1Nc1cc(Cl)ccc1[N+](=O)[O-]. The molecule has 21 heavy (non-hydrogen) atoms. The van der Waals surface area contributed by atoms with E-state index >= 15 is 0 Å². The zero-order valence-corrected chi connectivity index (χ0v) is 11.4. The molecule has 0 bridgehead atoms. The first-order valence-electron chi connectivity index (χ1n) is 6.16. The molecule has 0 aromatic heterocycles. The van der Waals surface area contributed by atoms with Crippen molar-refractivity contribution in [2.45, 2.75) is 6.04 Å². The number of nitrogens with one attached hydrogen (secondary N) is 2. The third kappa shape index (κ3) is 2.41. The largest absolute Gasteiger partial charge is 0.364 e. The second-order valence-electron chi connectivity index (χ2n) is 4.57. The number of anilines is 2. The van der Waals surface area contributed by atoms with Crippen LogP contribution >= 0.6 is 11.6 Å². The molecule has 2 N–H and O–H groups in total. The van der Waals surface area contributed by atoms with Crippen LogP contribution in [0.4, 0.5) is 17.1 Å². The van der Waals surface area contributed by atoms with E-state index in [9.17, 15) is 14.9 Å². The molecule has 2 aromatic rings. The maximum absolute atomic E-state index is 12.0. The molecule has 1 atom stereocenters. The Morgan fingerprint density at radius 3 is 2.76 bits per heavy atom. The molecule has 2 aromatic carbocycles. The molecule has 1 heterocycles. The number of benzene rings is 2. The van der Waals surface area contributed by atoms with Gasteiger partial charge >= 0.3 is 0 Å². The van der Waals surface area contributed by atoms with Crippen LogP contribution in [-0.2, 0) is 4.79 Å². The van der Waals surface area contributed by atoms with Crippen LogP contribution in [0.15, 0.2) is 42.5 Å². The Labute approximate surface area is 124 Å². The van der Waals surface area contributed by atoms with Gasteiger partial charge in [-0.05, 0) is 18.2 Å². The van der Waals surface area contributed by atoms with Gasteiger partial charge in [-0.3, -0.25) is 14.9 Å². The summed E-state index contributed by atoms with van der Waals surface area (Å²) in [5.74, 6) is -0.259. The minimum Gasteiger partial charge on any atom is -0.364 e. The fraction of sp³-hybridized carbons (Fsp3) is 0.0714. The number of hydrogen-bond donors (Lipinski definition) is 2. The minimum absolute atomic E-state index is 0.128. The molecule has 0 saturated carbocycles. The van der Waals surface area contributed by atoms with Crippen molar-refractivity contribution in [3.8, 4) is 0 Å². The van der Waals surface area contributed by atoms with Gasteiger partial charge in [0.1, 0.15) is 11.7 Å². The Balaban J connectivity index is 1.99. The molecule has 0 aliphatic carbocycles. The average Bonchev–Trinajstić information content (AvgIpc) is 2.75. The van der Waals surface area contributed by atoms with Crippen molar-refractivity contribution in [3.63, 3.8) is 0 Å². The van der Waals surface area contributed by atoms with Gasteiger partial charge < -0.3 is 10.6 Å². The molecule has 1 amide bonds. The molecule has 1 aliphatic heterocycles. The van der Waals surface area contributed by atoms with Crippen molar-refractivity contribution >= 4 is 34.6 Å². The molecule has 0 radical (unpaired) electrons. The van der Waals surface area contributed by atoms with Gasteiger partial charge in [-0.25, -0.2) is 0 Å². The molecule has 3 rings (SSSR count). The molecule has 0 fully saturated rings. The van der Waals surface area contributed by atoms with Crippen molar-refractivity contribution in [1.29, 1.82) is 0 Å². The lowest BCUT2D eigenvalue weighted by Gasteiger charge is -2.13. The zero-order chi connectivity index (χ0) is 15.0. The highest BCUT2D eigenvalue weighted by molar-refractivity contribution is 6.31.